The maximum Gasteiger partial charge on any atom is 0.340 e. The van der Waals surface area contributed by atoms with Crippen LogP contribution < -0.4 is 14.8 Å². The lowest BCUT2D eigenvalue weighted by atomic mass is 10.1. The molecule has 1 heterocycles. The van der Waals surface area contributed by atoms with E-state index in [9.17, 15) is 14.4 Å². The fourth-order valence-corrected chi connectivity index (χ4v) is 3.04. The summed E-state index contributed by atoms with van der Waals surface area (Å²) in [7, 11) is 4.80. The van der Waals surface area contributed by atoms with Crippen LogP contribution in [0, 0.1) is 13.8 Å². The number of methoxy groups -OCH3 is 1. The number of H-pyrrole nitrogens is 1. The number of likely N-dealkylation sites (N-methyl/N-ethyl adjacent to an activating group) is 1. The quantitative estimate of drug-likeness (QED) is 0.574. The number of aromatic nitrogens is 1. The second-order valence-corrected chi connectivity index (χ2v) is 7.82. The van der Waals surface area contributed by atoms with Gasteiger partial charge in [-0.25, -0.2) is 4.79 Å². The van der Waals surface area contributed by atoms with Crippen LogP contribution in [0.1, 0.15) is 51.5 Å². The number of nitrogens with one attached hydrogen (secondary N) is 2. The lowest BCUT2D eigenvalue weighted by Gasteiger charge is -2.14. The molecule has 0 bridgehead atoms. The predicted octanol–water partition coefficient (Wildman–Crippen LogP) is 2.60. The zero-order valence-electron chi connectivity index (χ0n) is 19.6. The Bertz CT molecular complexity index is 994. The first-order valence-electron chi connectivity index (χ1n) is 10.2. The monoisotopic (exact) mass is 445 g/mol. The van der Waals surface area contributed by atoms with Crippen molar-refractivity contribution in [2.75, 3.05) is 27.8 Å². The number of aromatic amines is 1. The molecule has 9 heteroatoms. The zero-order valence-corrected chi connectivity index (χ0v) is 19.6. The smallest absolute Gasteiger partial charge is 0.340 e. The third-order valence-electron chi connectivity index (χ3n) is 4.74. The normalized spacial score (nSPS) is 10.6. The van der Waals surface area contributed by atoms with Gasteiger partial charge in [-0.2, -0.15) is 0 Å². The molecule has 0 fully saturated rings. The summed E-state index contributed by atoms with van der Waals surface area (Å²) in [5.74, 6) is -0.0871. The largest absolute Gasteiger partial charge is 0.493 e. The number of carbonyl (C=O) groups excluding carboxylic acids is 3. The highest BCUT2D eigenvalue weighted by atomic mass is 16.5. The van der Waals surface area contributed by atoms with Crippen molar-refractivity contribution in [2.45, 2.75) is 40.3 Å². The van der Waals surface area contributed by atoms with E-state index in [-0.39, 0.29) is 31.1 Å². The molecule has 2 N–H and O–H groups in total. The number of ether oxygens (including phenoxy) is 3. The molecule has 2 rings (SSSR count). The van der Waals surface area contributed by atoms with E-state index in [2.05, 4.69) is 10.3 Å². The predicted molar refractivity (Wildman–Crippen MR) is 119 cm³/mol. The van der Waals surface area contributed by atoms with Gasteiger partial charge in [0.25, 0.3) is 11.8 Å². The van der Waals surface area contributed by atoms with Crippen molar-refractivity contribution in [1.29, 1.82) is 0 Å². The number of aryl methyl sites for hydroxylation is 1. The first-order chi connectivity index (χ1) is 15.0. The first kappa shape index (κ1) is 24.8. The maximum atomic E-state index is 12.7. The summed E-state index contributed by atoms with van der Waals surface area (Å²) in [6, 6.07) is 5.19. The summed E-state index contributed by atoms with van der Waals surface area (Å²) >= 11 is 0. The van der Waals surface area contributed by atoms with E-state index < -0.39 is 5.97 Å². The number of hydrogen-bond acceptors (Lipinski definition) is 6. The first-order valence-corrected chi connectivity index (χ1v) is 10.2. The number of amides is 2. The van der Waals surface area contributed by atoms with Crippen molar-refractivity contribution >= 4 is 17.8 Å². The molecule has 0 saturated carbocycles. The number of carbonyl (C=O) groups is 3. The van der Waals surface area contributed by atoms with Crippen molar-refractivity contribution < 1.29 is 28.6 Å². The molecule has 9 nitrogen and oxygen atoms in total. The topological polar surface area (TPSA) is 110 Å². The van der Waals surface area contributed by atoms with E-state index in [4.69, 9.17) is 14.2 Å². The van der Waals surface area contributed by atoms with Gasteiger partial charge in [0.2, 0.25) is 0 Å². The number of rotatable bonds is 9. The van der Waals surface area contributed by atoms with Crippen molar-refractivity contribution in [3.05, 3.63) is 46.3 Å². The van der Waals surface area contributed by atoms with Gasteiger partial charge in [-0.05, 0) is 51.0 Å². The fourth-order valence-electron chi connectivity index (χ4n) is 3.04. The summed E-state index contributed by atoms with van der Waals surface area (Å²) in [5.41, 5.74) is 2.58. The van der Waals surface area contributed by atoms with Gasteiger partial charge in [-0.15, -0.1) is 0 Å². The Morgan fingerprint density at radius 3 is 2.41 bits per heavy atom. The van der Waals surface area contributed by atoms with E-state index in [0.29, 0.717) is 34.0 Å². The van der Waals surface area contributed by atoms with E-state index >= 15 is 0 Å². The maximum absolute atomic E-state index is 12.7. The van der Waals surface area contributed by atoms with E-state index in [0.717, 1.165) is 5.56 Å². The average Bonchev–Trinajstić information content (AvgIpc) is 3.03. The minimum Gasteiger partial charge on any atom is -0.493 e. The minimum atomic E-state index is -0.460. The molecular weight excluding hydrogens is 414 g/mol. The van der Waals surface area contributed by atoms with Crippen molar-refractivity contribution in [2.24, 2.45) is 0 Å². The second-order valence-electron chi connectivity index (χ2n) is 7.82. The van der Waals surface area contributed by atoms with Gasteiger partial charge in [0.05, 0.1) is 18.8 Å². The number of nitrogens with zero attached hydrogens (tertiary/aromatic N) is 1. The Kier molecular flexibility index (Phi) is 8.28. The Hall–Kier alpha value is -3.49. The van der Waals surface area contributed by atoms with Gasteiger partial charge < -0.3 is 29.4 Å². The average molecular weight is 446 g/mol. The van der Waals surface area contributed by atoms with E-state index in [1.807, 2.05) is 0 Å². The third kappa shape index (κ3) is 6.03. The molecular formula is C23H31N3O6. The summed E-state index contributed by atoms with van der Waals surface area (Å²) < 4.78 is 16.1. The molecule has 0 unspecified atom stereocenters. The Balaban J connectivity index is 2.08. The van der Waals surface area contributed by atoms with Crippen LogP contribution >= 0.6 is 0 Å². The lowest BCUT2D eigenvalue weighted by molar-refractivity contribution is -0.130. The van der Waals surface area contributed by atoms with Crippen LogP contribution in [0.5, 0.6) is 11.5 Å². The zero-order chi connectivity index (χ0) is 24.0. The van der Waals surface area contributed by atoms with E-state index in [1.165, 1.54) is 12.0 Å². The Labute approximate surface area is 188 Å². The van der Waals surface area contributed by atoms with Gasteiger partial charge in [-0.1, -0.05) is 6.07 Å². The number of benzene rings is 1. The molecule has 0 aliphatic heterocycles. The molecule has 0 aliphatic carbocycles. The minimum absolute atomic E-state index is 0.105. The molecule has 0 radical (unpaired) electrons. The van der Waals surface area contributed by atoms with Gasteiger partial charge >= 0.3 is 5.97 Å². The molecule has 32 heavy (non-hydrogen) atoms. The van der Waals surface area contributed by atoms with Crippen LogP contribution in [-0.4, -0.2) is 61.6 Å². The number of hydrogen-bond donors (Lipinski definition) is 2. The molecule has 2 amide bonds. The number of esters is 1. The summed E-state index contributed by atoms with van der Waals surface area (Å²) in [6.45, 7) is 7.10. The van der Waals surface area contributed by atoms with Crippen LogP contribution in [0.4, 0.5) is 0 Å². The molecule has 174 valence electrons. The Morgan fingerprint density at radius 1 is 1.12 bits per heavy atom. The van der Waals surface area contributed by atoms with Crippen LogP contribution in [0.3, 0.4) is 0 Å². The van der Waals surface area contributed by atoms with Crippen molar-refractivity contribution in [3.8, 4) is 11.5 Å². The van der Waals surface area contributed by atoms with Crippen LogP contribution in [-0.2, 0) is 16.1 Å². The summed E-state index contributed by atoms with van der Waals surface area (Å²) in [5, 5.41) is 2.83. The Morgan fingerprint density at radius 2 is 1.81 bits per heavy atom. The van der Waals surface area contributed by atoms with Gasteiger partial charge in [0.15, 0.2) is 18.1 Å². The molecule has 1 aromatic heterocycles. The molecule has 1 aromatic carbocycles. The fraction of sp³-hybridized carbons (Fsp3) is 0.435. The highest BCUT2D eigenvalue weighted by Crippen LogP contribution is 2.28. The molecule has 0 aliphatic rings. The van der Waals surface area contributed by atoms with Crippen LogP contribution in [0.2, 0.25) is 0 Å². The highest BCUT2D eigenvalue weighted by molar-refractivity contribution is 6.00. The van der Waals surface area contributed by atoms with Gasteiger partial charge in [0.1, 0.15) is 5.69 Å². The van der Waals surface area contributed by atoms with Gasteiger partial charge in [0, 0.05) is 26.3 Å². The third-order valence-corrected chi connectivity index (χ3v) is 4.74. The van der Waals surface area contributed by atoms with Gasteiger partial charge in [-0.3, -0.25) is 9.59 Å². The molecule has 0 saturated heterocycles. The molecule has 0 atom stereocenters. The van der Waals surface area contributed by atoms with Crippen LogP contribution in [0.25, 0.3) is 0 Å². The summed E-state index contributed by atoms with van der Waals surface area (Å²) in [4.78, 5) is 41.2. The second kappa shape index (κ2) is 10.7. The standard InChI is InChI=1S/C23H31N3O6/c1-13(2)32-23(29)20-14(3)21(25-15(20)4)22(28)24-11-16-8-9-17(18(10-16)30-7)31-12-19(27)26(5)6/h8-10,13,25H,11-12H2,1-7H3,(H,24,28). The highest BCUT2D eigenvalue weighted by Gasteiger charge is 2.23. The lowest BCUT2D eigenvalue weighted by Crippen LogP contribution is -2.27. The SMILES string of the molecule is COc1cc(CNC(=O)c2[nH]c(C)c(C(=O)OC(C)C)c2C)ccc1OCC(=O)N(C)C. The summed E-state index contributed by atoms with van der Waals surface area (Å²) in [6.07, 6.45) is -0.253. The van der Waals surface area contributed by atoms with Crippen molar-refractivity contribution in [1.82, 2.24) is 15.2 Å². The van der Waals surface area contributed by atoms with E-state index in [1.54, 1.807) is 60.0 Å². The van der Waals surface area contributed by atoms with Crippen molar-refractivity contribution in [3.63, 3.8) is 0 Å². The molecule has 2 aromatic rings. The molecule has 0 spiro atoms. The van der Waals surface area contributed by atoms with Crippen LogP contribution in [0.15, 0.2) is 18.2 Å².